The fourth-order valence-electron chi connectivity index (χ4n) is 3.32. The first-order valence-corrected chi connectivity index (χ1v) is 9.17. The van der Waals surface area contributed by atoms with Crippen molar-refractivity contribution in [3.8, 4) is 11.1 Å². The maximum Gasteiger partial charge on any atom is 0.284 e. The van der Waals surface area contributed by atoms with Crippen molar-refractivity contribution in [2.45, 2.75) is 12.5 Å². The van der Waals surface area contributed by atoms with Crippen molar-refractivity contribution in [3.63, 3.8) is 0 Å². The molecule has 1 aliphatic rings. The number of oxime groups is 1. The summed E-state index contributed by atoms with van der Waals surface area (Å²) in [5, 5.41) is 10.7. The first-order chi connectivity index (χ1) is 13.7. The van der Waals surface area contributed by atoms with Crippen LogP contribution in [0.15, 0.2) is 64.2 Å². The summed E-state index contributed by atoms with van der Waals surface area (Å²) < 4.78 is 5.45. The van der Waals surface area contributed by atoms with Crippen LogP contribution in [0.5, 0.6) is 0 Å². The summed E-state index contributed by atoms with van der Waals surface area (Å²) in [5.74, 6) is 0.232. The van der Waals surface area contributed by atoms with E-state index >= 15 is 0 Å². The molecule has 3 aromatic rings. The minimum Gasteiger partial charge on any atom is -0.412 e. The summed E-state index contributed by atoms with van der Waals surface area (Å²) >= 11 is 4.96. The third-order valence-corrected chi connectivity index (χ3v) is 4.79. The Bertz CT molecular complexity index is 1060. The van der Waals surface area contributed by atoms with Crippen molar-refractivity contribution in [1.29, 1.82) is 0 Å². The van der Waals surface area contributed by atoms with Crippen molar-refractivity contribution in [2.75, 3.05) is 13.7 Å². The van der Waals surface area contributed by atoms with Gasteiger partial charge in [0.2, 0.25) is 5.89 Å². The van der Waals surface area contributed by atoms with Crippen molar-refractivity contribution < 1.29 is 14.0 Å². The lowest BCUT2D eigenvalue weighted by Gasteiger charge is -2.21. The van der Waals surface area contributed by atoms with E-state index in [1.165, 1.54) is 7.11 Å². The summed E-state index contributed by atoms with van der Waals surface area (Å²) in [6, 6.07) is 17.2. The average Bonchev–Trinajstić information content (AvgIpc) is 3.35. The van der Waals surface area contributed by atoms with Gasteiger partial charge in [-0.15, -0.1) is 5.10 Å². The largest absolute Gasteiger partial charge is 0.412 e. The summed E-state index contributed by atoms with van der Waals surface area (Å²) in [6.45, 7) is 0.340. The van der Waals surface area contributed by atoms with Crippen LogP contribution in [0, 0.1) is 4.84 Å². The van der Waals surface area contributed by atoms with Crippen LogP contribution in [0.25, 0.3) is 11.1 Å². The van der Waals surface area contributed by atoms with Crippen molar-refractivity contribution >= 4 is 23.8 Å². The molecule has 0 aliphatic carbocycles. The molecule has 0 saturated carbocycles. The number of likely N-dealkylation sites (tertiary alicyclic amines) is 1. The van der Waals surface area contributed by atoms with Gasteiger partial charge in [0.15, 0.2) is 0 Å². The normalized spacial score (nSPS) is 17.8. The molecule has 1 aliphatic heterocycles. The molecular weight excluding hydrogens is 376 g/mol. The van der Waals surface area contributed by atoms with Gasteiger partial charge < -0.3 is 14.2 Å². The molecule has 1 saturated heterocycles. The van der Waals surface area contributed by atoms with Gasteiger partial charge in [-0.1, -0.05) is 47.6 Å². The summed E-state index contributed by atoms with van der Waals surface area (Å²) in [4.78, 5) is 19.9. The number of aromatic nitrogens is 2. The van der Waals surface area contributed by atoms with E-state index in [0.29, 0.717) is 24.4 Å². The number of hydrogen-bond donors (Lipinski definition) is 1. The number of carbonyl (C=O) groups is 1. The Morgan fingerprint density at radius 1 is 1.21 bits per heavy atom. The van der Waals surface area contributed by atoms with E-state index in [2.05, 4.69) is 15.4 Å². The van der Waals surface area contributed by atoms with Crippen LogP contribution in [0.1, 0.15) is 28.7 Å². The Morgan fingerprint density at radius 2 is 1.93 bits per heavy atom. The second-order valence-corrected chi connectivity index (χ2v) is 6.76. The Labute approximate surface area is 166 Å². The highest BCUT2D eigenvalue weighted by Crippen LogP contribution is 2.31. The quantitative estimate of drug-likeness (QED) is 0.534. The van der Waals surface area contributed by atoms with Crippen molar-refractivity contribution in [2.24, 2.45) is 5.16 Å². The van der Waals surface area contributed by atoms with Gasteiger partial charge in [0.05, 0.1) is 12.3 Å². The van der Waals surface area contributed by atoms with E-state index in [-0.39, 0.29) is 16.8 Å². The molecule has 4 rings (SSSR count). The molecule has 2 heterocycles. The van der Waals surface area contributed by atoms with Crippen LogP contribution < -0.4 is 0 Å². The molecule has 0 bridgehead atoms. The molecule has 1 aromatic heterocycles. The molecule has 28 heavy (non-hydrogen) atoms. The Hall–Kier alpha value is -3.26. The molecule has 1 atom stereocenters. The van der Waals surface area contributed by atoms with Gasteiger partial charge in [-0.25, -0.2) is 5.10 Å². The number of benzene rings is 2. The maximum absolute atomic E-state index is 13.2. The molecule has 142 valence electrons. The Morgan fingerprint density at radius 3 is 2.57 bits per heavy atom. The fourth-order valence-corrected chi connectivity index (χ4v) is 3.45. The second kappa shape index (κ2) is 7.77. The fraction of sp³-hybridized carbons (Fsp3) is 0.200. The van der Waals surface area contributed by atoms with Gasteiger partial charge in [-0.3, -0.25) is 4.79 Å². The number of H-pyrrole nitrogens is 1. The molecule has 7 nitrogen and oxygen atoms in total. The van der Waals surface area contributed by atoms with Gasteiger partial charge in [0.1, 0.15) is 13.2 Å². The van der Waals surface area contributed by atoms with Gasteiger partial charge in [-0.05, 0) is 35.5 Å². The van der Waals surface area contributed by atoms with Crippen molar-refractivity contribution in [3.05, 3.63) is 70.9 Å². The van der Waals surface area contributed by atoms with E-state index in [1.807, 2.05) is 54.6 Å². The van der Waals surface area contributed by atoms with Crippen molar-refractivity contribution in [1.82, 2.24) is 15.1 Å². The van der Waals surface area contributed by atoms with Crippen LogP contribution in [-0.2, 0) is 4.84 Å². The topological polar surface area (TPSA) is 83.7 Å². The smallest absolute Gasteiger partial charge is 0.284 e. The van der Waals surface area contributed by atoms with Gasteiger partial charge in [-0.2, -0.15) is 0 Å². The lowest BCUT2D eigenvalue weighted by Crippen LogP contribution is -2.31. The molecule has 1 fully saturated rings. The van der Waals surface area contributed by atoms with E-state index < -0.39 is 0 Å². The predicted molar refractivity (Wildman–Crippen MR) is 106 cm³/mol. The average molecular weight is 394 g/mol. The van der Waals surface area contributed by atoms with Gasteiger partial charge >= 0.3 is 0 Å². The van der Waals surface area contributed by atoms with E-state index in [9.17, 15) is 4.79 Å². The standard InChI is InChI=1S/C20H18N4O3S/c1-26-23-16-11-17(18-21-22-20(28)27-18)24(12-16)19(25)15-9-7-14(8-10-15)13-5-3-2-4-6-13/h2-10,17H,11-12H2,1H3,(H,22,28). The third kappa shape index (κ3) is 3.59. The lowest BCUT2D eigenvalue weighted by atomic mass is 10.0. The summed E-state index contributed by atoms with van der Waals surface area (Å²) in [6.07, 6.45) is 0.477. The third-order valence-electron chi connectivity index (χ3n) is 4.62. The van der Waals surface area contributed by atoms with Crippen LogP contribution in [0.3, 0.4) is 0 Å². The molecular formula is C20H18N4O3S. The second-order valence-electron chi connectivity index (χ2n) is 6.39. The number of nitrogens with zero attached hydrogens (tertiary/aromatic N) is 3. The van der Waals surface area contributed by atoms with Crippen LogP contribution in [0.4, 0.5) is 0 Å². The minimum absolute atomic E-state index is 0.130. The molecule has 0 radical (unpaired) electrons. The number of amides is 1. The number of carbonyl (C=O) groups excluding carboxylic acids is 1. The molecule has 2 aromatic carbocycles. The monoisotopic (exact) mass is 394 g/mol. The van der Waals surface area contributed by atoms with E-state index in [1.54, 1.807) is 4.90 Å². The zero-order valence-corrected chi connectivity index (χ0v) is 16.0. The maximum atomic E-state index is 13.2. The highest BCUT2D eigenvalue weighted by molar-refractivity contribution is 7.71. The molecule has 8 heteroatoms. The highest BCUT2D eigenvalue weighted by Gasteiger charge is 2.37. The summed E-state index contributed by atoms with van der Waals surface area (Å²) in [5.41, 5.74) is 3.47. The Kier molecular flexibility index (Phi) is 5.03. The number of nitrogens with one attached hydrogen (secondary N) is 1. The predicted octanol–water partition coefficient (Wildman–Crippen LogP) is 3.99. The Balaban J connectivity index is 1.61. The zero-order valence-electron chi connectivity index (χ0n) is 15.2. The zero-order chi connectivity index (χ0) is 19.5. The van der Waals surface area contributed by atoms with E-state index in [0.717, 1.165) is 16.8 Å². The van der Waals surface area contributed by atoms with Crippen LogP contribution in [-0.4, -0.2) is 40.4 Å². The number of rotatable bonds is 4. The van der Waals surface area contributed by atoms with Crippen LogP contribution in [0.2, 0.25) is 0 Å². The molecule has 1 unspecified atom stereocenters. The minimum atomic E-state index is -0.386. The molecule has 0 spiro atoms. The number of hydrogen-bond acceptors (Lipinski definition) is 6. The lowest BCUT2D eigenvalue weighted by molar-refractivity contribution is 0.0718. The molecule has 1 N–H and O–H groups in total. The SMILES string of the molecule is CON=C1CC(c2n[nH]c(=S)o2)N(C(=O)c2ccc(-c3ccccc3)cc2)C1. The highest BCUT2D eigenvalue weighted by atomic mass is 32.1. The van der Waals surface area contributed by atoms with Gasteiger partial charge in [0, 0.05) is 12.0 Å². The van der Waals surface area contributed by atoms with Crippen LogP contribution >= 0.6 is 12.2 Å². The molecule has 1 amide bonds. The summed E-state index contributed by atoms with van der Waals surface area (Å²) in [7, 11) is 1.48. The first kappa shape index (κ1) is 18.1. The number of aromatic amines is 1. The van der Waals surface area contributed by atoms with Gasteiger partial charge in [0.25, 0.3) is 10.7 Å². The van der Waals surface area contributed by atoms with E-state index in [4.69, 9.17) is 21.5 Å². The first-order valence-electron chi connectivity index (χ1n) is 8.76.